The molecule has 0 N–H and O–H groups in total. The van der Waals surface area contributed by atoms with E-state index in [4.69, 9.17) is 0 Å². The molecule has 4 rings (SSSR count). The fourth-order valence-corrected chi connectivity index (χ4v) is 5.71. The molecule has 0 aliphatic heterocycles. The molecular weight excluding hydrogens is 272 g/mol. The van der Waals surface area contributed by atoms with E-state index in [9.17, 15) is 9.59 Å². The van der Waals surface area contributed by atoms with Crippen molar-refractivity contribution < 1.29 is 9.59 Å². The van der Waals surface area contributed by atoms with E-state index < -0.39 is 0 Å². The lowest BCUT2D eigenvalue weighted by atomic mass is 9.51. The summed E-state index contributed by atoms with van der Waals surface area (Å²) in [5, 5.41) is 0. The van der Waals surface area contributed by atoms with Gasteiger partial charge in [0, 0.05) is 17.3 Å². The van der Waals surface area contributed by atoms with E-state index in [0.29, 0.717) is 23.5 Å². The van der Waals surface area contributed by atoms with Crippen molar-refractivity contribution in [2.75, 3.05) is 0 Å². The van der Waals surface area contributed by atoms with Crippen LogP contribution in [-0.2, 0) is 9.59 Å². The fourth-order valence-electron chi connectivity index (χ4n) is 5.71. The lowest BCUT2D eigenvalue weighted by Gasteiger charge is -2.52. The van der Waals surface area contributed by atoms with Gasteiger partial charge >= 0.3 is 0 Å². The first-order valence-electron chi connectivity index (χ1n) is 8.55. The zero-order valence-electron chi connectivity index (χ0n) is 13.7. The number of hydrogen-bond acceptors (Lipinski definition) is 2. The van der Waals surface area contributed by atoms with Crippen molar-refractivity contribution in [2.45, 2.75) is 46.5 Å². The largest absolute Gasteiger partial charge is 0.299 e. The van der Waals surface area contributed by atoms with Crippen molar-refractivity contribution in [3.63, 3.8) is 0 Å². The Morgan fingerprint density at radius 2 is 1.95 bits per heavy atom. The van der Waals surface area contributed by atoms with Gasteiger partial charge in [-0.05, 0) is 61.7 Å². The molecule has 22 heavy (non-hydrogen) atoms. The molecule has 5 atom stereocenters. The summed E-state index contributed by atoms with van der Waals surface area (Å²) in [6.45, 7) is 6.69. The van der Waals surface area contributed by atoms with Crippen LogP contribution in [0.2, 0.25) is 0 Å². The number of hydrogen-bond donors (Lipinski definition) is 0. The van der Waals surface area contributed by atoms with Crippen molar-refractivity contribution in [3.05, 3.63) is 35.5 Å². The Morgan fingerprint density at radius 1 is 1.18 bits per heavy atom. The molecule has 2 fully saturated rings. The van der Waals surface area contributed by atoms with E-state index in [-0.39, 0.29) is 16.6 Å². The molecule has 2 saturated carbocycles. The summed E-state index contributed by atoms with van der Waals surface area (Å²) in [4.78, 5) is 24.2. The van der Waals surface area contributed by atoms with Gasteiger partial charge in [0.1, 0.15) is 5.78 Å². The van der Waals surface area contributed by atoms with Crippen LogP contribution in [-0.4, -0.2) is 11.6 Å². The first-order chi connectivity index (χ1) is 10.4. The van der Waals surface area contributed by atoms with Gasteiger partial charge in [0.15, 0.2) is 5.78 Å². The van der Waals surface area contributed by atoms with Gasteiger partial charge in [-0.2, -0.15) is 0 Å². The summed E-state index contributed by atoms with van der Waals surface area (Å²) in [6.07, 6.45) is 11.8. The summed E-state index contributed by atoms with van der Waals surface area (Å²) in [7, 11) is 0. The second-order valence-electron chi connectivity index (χ2n) is 8.13. The van der Waals surface area contributed by atoms with E-state index in [1.807, 2.05) is 6.08 Å². The third-order valence-corrected chi connectivity index (χ3v) is 6.99. The molecule has 2 nitrogen and oxygen atoms in total. The van der Waals surface area contributed by atoms with Gasteiger partial charge in [0.2, 0.25) is 0 Å². The van der Waals surface area contributed by atoms with Crippen molar-refractivity contribution in [3.8, 4) is 0 Å². The molecule has 0 radical (unpaired) electrons. The molecule has 0 aromatic carbocycles. The Morgan fingerprint density at radius 3 is 2.73 bits per heavy atom. The lowest BCUT2D eigenvalue weighted by Crippen LogP contribution is -2.45. The first-order valence-corrected chi connectivity index (χ1v) is 8.55. The molecule has 0 saturated heterocycles. The van der Waals surface area contributed by atoms with Gasteiger partial charge < -0.3 is 0 Å². The zero-order chi connectivity index (χ0) is 15.7. The first kappa shape index (κ1) is 14.2. The number of Topliss-reactive ketones (excluding diaryl/α,β-unsaturated/α-hetero) is 1. The maximum atomic E-state index is 12.4. The van der Waals surface area contributed by atoms with Crippen molar-refractivity contribution in [1.82, 2.24) is 0 Å². The van der Waals surface area contributed by atoms with Gasteiger partial charge in [-0.15, -0.1) is 0 Å². The van der Waals surface area contributed by atoms with Crippen LogP contribution in [0, 0.1) is 28.6 Å². The number of fused-ring (bicyclic) bond motifs is 5. The van der Waals surface area contributed by atoms with E-state index in [0.717, 1.165) is 25.7 Å². The van der Waals surface area contributed by atoms with Crippen LogP contribution in [0.1, 0.15) is 46.5 Å². The quantitative estimate of drug-likeness (QED) is 0.632. The Labute approximate surface area is 132 Å². The summed E-state index contributed by atoms with van der Waals surface area (Å²) < 4.78 is 0. The number of ketones is 2. The van der Waals surface area contributed by atoms with Crippen LogP contribution >= 0.6 is 0 Å². The summed E-state index contributed by atoms with van der Waals surface area (Å²) in [5.74, 6) is 1.99. The highest BCUT2D eigenvalue weighted by Crippen LogP contribution is 2.62. The molecule has 0 aromatic heterocycles. The average Bonchev–Trinajstić information content (AvgIpc) is 2.77. The Bertz CT molecular complexity index is 665. The number of carbonyl (C=O) groups excluding carboxylic acids is 2. The monoisotopic (exact) mass is 296 g/mol. The predicted molar refractivity (Wildman–Crippen MR) is 86.1 cm³/mol. The summed E-state index contributed by atoms with van der Waals surface area (Å²) in [6, 6.07) is 0. The summed E-state index contributed by atoms with van der Waals surface area (Å²) >= 11 is 0. The van der Waals surface area contributed by atoms with Gasteiger partial charge in [-0.25, -0.2) is 0 Å². The highest BCUT2D eigenvalue weighted by molar-refractivity contribution is 6.01. The highest BCUT2D eigenvalue weighted by Gasteiger charge is 2.56. The topological polar surface area (TPSA) is 34.1 Å². The standard InChI is InChI=1S/C20H24O2/c1-12-10-14-15-4-5-18(22)20(15,3)9-7-16(14)19(2)8-6-13(21)11-17(12)19/h6-8,11-12,14-15H,4-5,9-10H2,1-3H3/t12?,14-,15-,19+,20-/m0/s1. The van der Waals surface area contributed by atoms with Crippen molar-refractivity contribution in [1.29, 1.82) is 0 Å². The van der Waals surface area contributed by atoms with E-state index in [1.165, 1.54) is 11.1 Å². The van der Waals surface area contributed by atoms with Crippen LogP contribution in [0.3, 0.4) is 0 Å². The normalized spacial score (nSPS) is 46.6. The Hall–Kier alpha value is -1.44. The molecule has 116 valence electrons. The fraction of sp³-hybridized carbons (Fsp3) is 0.600. The summed E-state index contributed by atoms with van der Waals surface area (Å²) in [5.41, 5.74) is 2.50. The molecular formula is C20H24O2. The third kappa shape index (κ3) is 1.61. The van der Waals surface area contributed by atoms with Crippen LogP contribution in [0.5, 0.6) is 0 Å². The minimum Gasteiger partial charge on any atom is -0.299 e. The number of carbonyl (C=O) groups is 2. The van der Waals surface area contributed by atoms with E-state index >= 15 is 0 Å². The van der Waals surface area contributed by atoms with Gasteiger partial charge in [0.25, 0.3) is 0 Å². The Balaban J connectivity index is 1.83. The second-order valence-corrected chi connectivity index (χ2v) is 8.13. The minimum absolute atomic E-state index is 0.108. The molecule has 4 aliphatic carbocycles. The molecule has 0 aromatic rings. The Kier molecular flexibility index (Phi) is 2.77. The molecule has 1 unspecified atom stereocenters. The van der Waals surface area contributed by atoms with E-state index in [1.54, 1.807) is 6.08 Å². The molecule has 0 heterocycles. The average molecular weight is 296 g/mol. The second kappa shape index (κ2) is 4.31. The van der Waals surface area contributed by atoms with Crippen molar-refractivity contribution >= 4 is 11.6 Å². The van der Waals surface area contributed by atoms with Gasteiger partial charge in [-0.3, -0.25) is 9.59 Å². The maximum absolute atomic E-state index is 12.4. The van der Waals surface area contributed by atoms with Crippen LogP contribution < -0.4 is 0 Å². The lowest BCUT2D eigenvalue weighted by molar-refractivity contribution is -0.127. The van der Waals surface area contributed by atoms with Gasteiger partial charge in [0.05, 0.1) is 0 Å². The smallest absolute Gasteiger partial charge is 0.178 e. The van der Waals surface area contributed by atoms with Crippen molar-refractivity contribution in [2.24, 2.45) is 28.6 Å². The third-order valence-electron chi connectivity index (χ3n) is 6.99. The molecule has 0 bridgehead atoms. The molecule has 4 aliphatic rings. The highest BCUT2D eigenvalue weighted by atomic mass is 16.1. The van der Waals surface area contributed by atoms with E-state index in [2.05, 4.69) is 32.9 Å². The van der Waals surface area contributed by atoms with Crippen LogP contribution in [0.25, 0.3) is 0 Å². The molecule has 2 heteroatoms. The number of allylic oxidation sites excluding steroid dienone is 6. The minimum atomic E-state index is -0.139. The van der Waals surface area contributed by atoms with Crippen LogP contribution in [0.15, 0.2) is 35.5 Å². The molecule has 0 spiro atoms. The molecule has 0 amide bonds. The number of rotatable bonds is 0. The zero-order valence-corrected chi connectivity index (χ0v) is 13.7. The predicted octanol–water partition coefficient (Wildman–Crippen LogP) is 4.03. The SMILES string of the molecule is CC1C[C@@H]2C(=CC[C@]3(C)C(=O)CC[C@@H]23)[C@@]2(C)C=CC(=O)C=C12. The maximum Gasteiger partial charge on any atom is 0.178 e. The van der Waals surface area contributed by atoms with Gasteiger partial charge in [-0.1, -0.05) is 31.6 Å². The van der Waals surface area contributed by atoms with Crippen LogP contribution in [0.4, 0.5) is 0 Å².